The van der Waals surface area contributed by atoms with Crippen molar-refractivity contribution < 1.29 is 4.79 Å². The minimum atomic E-state index is 0.0538. The Kier molecular flexibility index (Phi) is 3.24. The van der Waals surface area contributed by atoms with E-state index in [4.69, 9.17) is 5.73 Å². The minimum absolute atomic E-state index is 0.0538. The highest BCUT2D eigenvalue weighted by Gasteiger charge is 2.21. The van der Waals surface area contributed by atoms with Crippen molar-refractivity contribution in [2.45, 2.75) is 32.2 Å². The summed E-state index contributed by atoms with van der Waals surface area (Å²) >= 11 is 0. The molecular formula is C11H18N4O. The second-order valence-electron chi connectivity index (χ2n) is 4.43. The number of carbonyl (C=O) groups is 1. The summed E-state index contributed by atoms with van der Waals surface area (Å²) in [4.78, 5) is 11.7. The Morgan fingerprint density at radius 1 is 1.69 bits per heavy atom. The van der Waals surface area contributed by atoms with Gasteiger partial charge in [0.2, 0.25) is 5.91 Å². The quantitative estimate of drug-likeness (QED) is 0.798. The van der Waals surface area contributed by atoms with E-state index in [1.54, 1.807) is 4.68 Å². The molecule has 1 heterocycles. The molecule has 0 aromatic carbocycles. The van der Waals surface area contributed by atoms with Gasteiger partial charge in [-0.15, -0.1) is 0 Å². The van der Waals surface area contributed by atoms with Crippen LogP contribution in [0.25, 0.3) is 0 Å². The van der Waals surface area contributed by atoms with Crippen molar-refractivity contribution in [1.82, 2.24) is 9.78 Å². The number of aromatic nitrogens is 2. The fourth-order valence-electron chi connectivity index (χ4n) is 1.93. The lowest BCUT2D eigenvalue weighted by atomic mass is 9.83. The summed E-state index contributed by atoms with van der Waals surface area (Å²) in [5.74, 6) is 1.23. The van der Waals surface area contributed by atoms with E-state index in [2.05, 4.69) is 10.4 Å². The molecule has 5 heteroatoms. The van der Waals surface area contributed by atoms with E-state index in [1.165, 1.54) is 19.3 Å². The molecule has 1 aromatic rings. The van der Waals surface area contributed by atoms with E-state index < -0.39 is 0 Å². The lowest BCUT2D eigenvalue weighted by molar-refractivity contribution is -0.117. The number of nitrogens with one attached hydrogen (secondary N) is 1. The average Bonchev–Trinajstić information content (AvgIpc) is 2.52. The van der Waals surface area contributed by atoms with E-state index in [-0.39, 0.29) is 5.91 Å². The van der Waals surface area contributed by atoms with Crippen LogP contribution in [0, 0.1) is 5.92 Å². The summed E-state index contributed by atoms with van der Waals surface area (Å²) in [7, 11) is 1.82. The lowest BCUT2D eigenvalue weighted by Gasteiger charge is -2.24. The predicted molar refractivity (Wildman–Crippen MR) is 61.7 cm³/mol. The summed E-state index contributed by atoms with van der Waals surface area (Å²) in [6.45, 7) is 0.396. The second-order valence-corrected chi connectivity index (χ2v) is 4.43. The van der Waals surface area contributed by atoms with Gasteiger partial charge < -0.3 is 11.1 Å². The summed E-state index contributed by atoms with van der Waals surface area (Å²) in [5, 5.41) is 7.01. The van der Waals surface area contributed by atoms with Gasteiger partial charge in [-0.3, -0.25) is 9.48 Å². The molecule has 1 amide bonds. The number of nitrogens with two attached hydrogens (primary N) is 1. The third-order valence-corrected chi connectivity index (χ3v) is 3.08. The van der Waals surface area contributed by atoms with Gasteiger partial charge >= 0.3 is 0 Å². The van der Waals surface area contributed by atoms with Crippen molar-refractivity contribution in [3.8, 4) is 0 Å². The van der Waals surface area contributed by atoms with Gasteiger partial charge in [0, 0.05) is 31.8 Å². The molecular weight excluding hydrogens is 204 g/mol. The average molecular weight is 222 g/mol. The Morgan fingerprint density at radius 3 is 3.00 bits per heavy atom. The topological polar surface area (TPSA) is 72.9 Å². The van der Waals surface area contributed by atoms with Crippen LogP contribution in [0.15, 0.2) is 6.20 Å². The molecule has 1 aliphatic rings. The summed E-state index contributed by atoms with van der Waals surface area (Å²) in [6.07, 6.45) is 6.06. The van der Waals surface area contributed by atoms with E-state index in [1.807, 2.05) is 13.2 Å². The fourth-order valence-corrected chi connectivity index (χ4v) is 1.93. The normalized spacial score (nSPS) is 15.9. The zero-order chi connectivity index (χ0) is 11.5. The molecule has 1 fully saturated rings. The molecule has 3 N–H and O–H groups in total. The van der Waals surface area contributed by atoms with Gasteiger partial charge in [-0.2, -0.15) is 5.10 Å². The molecule has 1 aromatic heterocycles. The maximum absolute atomic E-state index is 11.7. The highest BCUT2D eigenvalue weighted by molar-refractivity contribution is 5.90. The van der Waals surface area contributed by atoms with Gasteiger partial charge in [0.05, 0.1) is 0 Å². The predicted octanol–water partition coefficient (Wildman–Crippen LogP) is 1.01. The van der Waals surface area contributed by atoms with Crippen LogP contribution in [0.4, 0.5) is 5.82 Å². The summed E-state index contributed by atoms with van der Waals surface area (Å²) < 4.78 is 1.67. The van der Waals surface area contributed by atoms with Crippen LogP contribution in [0.1, 0.15) is 31.2 Å². The molecule has 0 atom stereocenters. The third-order valence-electron chi connectivity index (χ3n) is 3.08. The number of aryl methyl sites for hydroxylation is 1. The van der Waals surface area contributed by atoms with Crippen LogP contribution in [-0.4, -0.2) is 15.7 Å². The Hall–Kier alpha value is -1.36. The van der Waals surface area contributed by atoms with Gasteiger partial charge in [-0.05, 0) is 18.8 Å². The Morgan fingerprint density at radius 2 is 2.44 bits per heavy atom. The maximum atomic E-state index is 11.7. The monoisotopic (exact) mass is 222 g/mol. The molecule has 0 spiro atoms. The van der Waals surface area contributed by atoms with Gasteiger partial charge in [-0.1, -0.05) is 6.42 Å². The summed E-state index contributed by atoms with van der Waals surface area (Å²) in [6, 6.07) is 0. The Bertz CT molecular complexity index is 381. The van der Waals surface area contributed by atoms with Gasteiger partial charge in [0.15, 0.2) is 5.82 Å². The number of amides is 1. The molecule has 1 aliphatic carbocycles. The first-order valence-corrected chi connectivity index (χ1v) is 5.71. The van der Waals surface area contributed by atoms with Crippen molar-refractivity contribution in [2.24, 2.45) is 18.7 Å². The molecule has 0 unspecified atom stereocenters. The highest BCUT2D eigenvalue weighted by Crippen LogP contribution is 2.29. The first kappa shape index (κ1) is 11.1. The third kappa shape index (κ3) is 2.41. The van der Waals surface area contributed by atoms with Crippen LogP contribution in [-0.2, 0) is 18.4 Å². The van der Waals surface area contributed by atoms with E-state index in [0.29, 0.717) is 24.7 Å². The van der Waals surface area contributed by atoms with Crippen molar-refractivity contribution in [2.75, 3.05) is 5.32 Å². The molecule has 5 nitrogen and oxygen atoms in total. The number of hydrogen-bond donors (Lipinski definition) is 2. The van der Waals surface area contributed by atoms with Crippen molar-refractivity contribution in [1.29, 1.82) is 0 Å². The van der Waals surface area contributed by atoms with Crippen molar-refractivity contribution >= 4 is 11.7 Å². The van der Waals surface area contributed by atoms with Gasteiger partial charge in [0.1, 0.15) is 0 Å². The zero-order valence-corrected chi connectivity index (χ0v) is 9.57. The van der Waals surface area contributed by atoms with E-state index >= 15 is 0 Å². The number of hydrogen-bond acceptors (Lipinski definition) is 3. The standard InChI is InChI=1S/C11H18N4O/c1-15-7-9(6-12)11(14-15)13-10(16)5-8-3-2-4-8/h7-8H,2-6,12H2,1H3,(H,13,14,16). The fraction of sp³-hybridized carbons (Fsp3) is 0.636. The zero-order valence-electron chi connectivity index (χ0n) is 9.57. The first-order chi connectivity index (χ1) is 7.69. The summed E-state index contributed by atoms with van der Waals surface area (Å²) in [5.41, 5.74) is 6.45. The maximum Gasteiger partial charge on any atom is 0.225 e. The number of nitrogens with zero attached hydrogens (tertiary/aromatic N) is 2. The van der Waals surface area contributed by atoms with Crippen LogP contribution in [0.2, 0.25) is 0 Å². The highest BCUT2D eigenvalue weighted by atomic mass is 16.1. The smallest absolute Gasteiger partial charge is 0.225 e. The number of carbonyl (C=O) groups excluding carboxylic acids is 1. The van der Waals surface area contributed by atoms with Gasteiger partial charge in [-0.25, -0.2) is 0 Å². The molecule has 0 aliphatic heterocycles. The molecule has 88 valence electrons. The molecule has 0 saturated heterocycles. The number of rotatable bonds is 4. The molecule has 0 radical (unpaired) electrons. The molecule has 0 bridgehead atoms. The molecule has 16 heavy (non-hydrogen) atoms. The van der Waals surface area contributed by atoms with Crippen LogP contribution in [0.5, 0.6) is 0 Å². The lowest BCUT2D eigenvalue weighted by Crippen LogP contribution is -2.21. The Labute approximate surface area is 95.0 Å². The van der Waals surface area contributed by atoms with Crippen LogP contribution < -0.4 is 11.1 Å². The first-order valence-electron chi connectivity index (χ1n) is 5.71. The second kappa shape index (κ2) is 4.65. The molecule has 2 rings (SSSR count). The van der Waals surface area contributed by atoms with Crippen molar-refractivity contribution in [3.63, 3.8) is 0 Å². The van der Waals surface area contributed by atoms with E-state index in [9.17, 15) is 4.79 Å². The van der Waals surface area contributed by atoms with Crippen molar-refractivity contribution in [3.05, 3.63) is 11.8 Å². The van der Waals surface area contributed by atoms with E-state index in [0.717, 1.165) is 5.56 Å². The molecule has 1 saturated carbocycles. The largest absolute Gasteiger partial charge is 0.326 e. The van der Waals surface area contributed by atoms with Crippen LogP contribution >= 0.6 is 0 Å². The Balaban J connectivity index is 1.93. The number of anilines is 1. The van der Waals surface area contributed by atoms with Gasteiger partial charge in [0.25, 0.3) is 0 Å². The minimum Gasteiger partial charge on any atom is -0.326 e. The SMILES string of the molecule is Cn1cc(CN)c(NC(=O)CC2CCC2)n1. The van der Waals surface area contributed by atoms with Crippen LogP contribution in [0.3, 0.4) is 0 Å².